The number of hydrazone groups is 1. The molecule has 0 saturated heterocycles. The molecule has 1 N–H and O–H groups in total. The average molecular weight is 418 g/mol. The number of carbonyl (C=O) groups excluding carboxylic acids is 2. The number of hydrogen-bond acceptors (Lipinski definition) is 4. The van der Waals surface area contributed by atoms with Gasteiger partial charge in [-0.2, -0.15) is 5.10 Å². The maximum atomic E-state index is 12.3. The first-order chi connectivity index (χ1) is 14.8. The molecule has 0 spiro atoms. The zero-order valence-corrected chi connectivity index (χ0v) is 18.5. The van der Waals surface area contributed by atoms with Crippen LogP contribution < -0.4 is 5.43 Å². The van der Waals surface area contributed by atoms with E-state index in [1.165, 1.54) is 12.7 Å². The summed E-state index contributed by atoms with van der Waals surface area (Å²) >= 11 is 0. The Balaban J connectivity index is 1.78. The van der Waals surface area contributed by atoms with Crippen molar-refractivity contribution >= 4 is 18.1 Å². The van der Waals surface area contributed by atoms with Gasteiger partial charge in [-0.3, -0.25) is 4.79 Å². The number of rotatable bonds is 6. The van der Waals surface area contributed by atoms with Crippen LogP contribution in [0, 0.1) is 27.7 Å². The summed E-state index contributed by atoms with van der Waals surface area (Å²) in [6.45, 7) is 7.93. The minimum Gasteiger partial charge on any atom is -0.465 e. The summed E-state index contributed by atoms with van der Waals surface area (Å²) in [6, 6.07) is 15.3. The maximum absolute atomic E-state index is 12.3. The third-order valence-corrected chi connectivity index (χ3v) is 5.26. The van der Waals surface area contributed by atoms with Crippen LogP contribution in [-0.2, 0) is 16.0 Å². The van der Waals surface area contributed by atoms with Gasteiger partial charge in [0, 0.05) is 17.0 Å². The number of para-hydroxylation sites is 1. The lowest BCUT2D eigenvalue weighted by atomic mass is 10.0. The van der Waals surface area contributed by atoms with E-state index >= 15 is 0 Å². The Morgan fingerprint density at radius 1 is 1.06 bits per heavy atom. The zero-order valence-electron chi connectivity index (χ0n) is 18.5. The van der Waals surface area contributed by atoms with Crippen LogP contribution in [0.15, 0.2) is 53.6 Å². The molecule has 1 aromatic heterocycles. The molecule has 31 heavy (non-hydrogen) atoms. The van der Waals surface area contributed by atoms with Gasteiger partial charge in [0.2, 0.25) is 5.91 Å². The molecule has 6 nitrogen and oxygen atoms in total. The monoisotopic (exact) mass is 417 g/mol. The Morgan fingerprint density at radius 3 is 2.52 bits per heavy atom. The molecular formula is C25H27N3O3. The van der Waals surface area contributed by atoms with Gasteiger partial charge in [0.15, 0.2) is 0 Å². The summed E-state index contributed by atoms with van der Waals surface area (Å²) in [5.74, 6) is -0.565. The number of ether oxygens (including phenoxy) is 1. The van der Waals surface area contributed by atoms with Gasteiger partial charge in [-0.1, -0.05) is 35.9 Å². The highest BCUT2D eigenvalue weighted by Crippen LogP contribution is 2.23. The van der Waals surface area contributed by atoms with E-state index in [2.05, 4.69) is 16.6 Å². The third-order valence-electron chi connectivity index (χ3n) is 5.26. The molecule has 0 radical (unpaired) electrons. The van der Waals surface area contributed by atoms with Crippen molar-refractivity contribution in [3.05, 3.63) is 87.7 Å². The molecule has 0 atom stereocenters. The van der Waals surface area contributed by atoms with Crippen LogP contribution in [0.3, 0.4) is 0 Å². The molecule has 1 heterocycles. The number of benzene rings is 2. The number of nitrogens with zero attached hydrogens (tertiary/aromatic N) is 2. The molecular weight excluding hydrogens is 390 g/mol. The summed E-state index contributed by atoms with van der Waals surface area (Å²) in [5, 5.41) is 4.14. The molecule has 0 aliphatic rings. The maximum Gasteiger partial charge on any atom is 0.339 e. The van der Waals surface area contributed by atoms with Crippen molar-refractivity contribution in [1.82, 2.24) is 9.99 Å². The molecule has 1 amide bonds. The molecule has 0 unspecified atom stereocenters. The average Bonchev–Trinajstić information content (AvgIpc) is 3.02. The first-order valence-electron chi connectivity index (χ1n) is 10.1. The molecule has 0 fully saturated rings. The van der Waals surface area contributed by atoms with Crippen LogP contribution in [0.4, 0.5) is 0 Å². The van der Waals surface area contributed by atoms with Crippen molar-refractivity contribution in [3.8, 4) is 5.69 Å². The van der Waals surface area contributed by atoms with Crippen LogP contribution in [0.1, 0.15) is 44.0 Å². The quantitative estimate of drug-likeness (QED) is 0.371. The second kappa shape index (κ2) is 9.43. The SMILES string of the molecule is COC(=O)c1ccccc1-n1c(C)cc(/C=N/NC(=O)Cc2ccc(C)cc2C)c1C. The molecule has 0 aliphatic heterocycles. The summed E-state index contributed by atoms with van der Waals surface area (Å²) < 4.78 is 6.89. The summed E-state index contributed by atoms with van der Waals surface area (Å²) in [7, 11) is 1.37. The Hall–Kier alpha value is -3.67. The summed E-state index contributed by atoms with van der Waals surface area (Å²) in [6.07, 6.45) is 1.90. The molecule has 0 bridgehead atoms. The van der Waals surface area contributed by atoms with E-state index in [0.29, 0.717) is 5.56 Å². The molecule has 3 rings (SSSR count). The van der Waals surface area contributed by atoms with Gasteiger partial charge < -0.3 is 9.30 Å². The number of nitrogens with one attached hydrogen (secondary N) is 1. The fraction of sp³-hybridized carbons (Fsp3) is 0.240. The van der Waals surface area contributed by atoms with E-state index in [1.807, 2.05) is 62.6 Å². The lowest BCUT2D eigenvalue weighted by Gasteiger charge is -2.13. The van der Waals surface area contributed by atoms with E-state index < -0.39 is 5.97 Å². The normalized spacial score (nSPS) is 11.0. The molecule has 160 valence electrons. The Bertz CT molecular complexity index is 1160. The highest BCUT2D eigenvalue weighted by Gasteiger charge is 2.17. The van der Waals surface area contributed by atoms with Crippen molar-refractivity contribution in [2.75, 3.05) is 7.11 Å². The van der Waals surface area contributed by atoms with Gasteiger partial charge in [0.25, 0.3) is 0 Å². The fourth-order valence-electron chi connectivity index (χ4n) is 3.67. The number of methoxy groups -OCH3 is 1. The van der Waals surface area contributed by atoms with Crippen LogP contribution in [0.5, 0.6) is 0 Å². The number of esters is 1. The van der Waals surface area contributed by atoms with Crippen LogP contribution >= 0.6 is 0 Å². The van der Waals surface area contributed by atoms with Crippen molar-refractivity contribution in [2.24, 2.45) is 5.10 Å². The number of aromatic nitrogens is 1. The van der Waals surface area contributed by atoms with Crippen LogP contribution in [0.25, 0.3) is 5.69 Å². The zero-order chi connectivity index (χ0) is 22.5. The lowest BCUT2D eigenvalue weighted by Crippen LogP contribution is -2.20. The summed E-state index contributed by atoms with van der Waals surface area (Å²) in [4.78, 5) is 24.5. The second-order valence-corrected chi connectivity index (χ2v) is 7.57. The molecule has 0 saturated carbocycles. The number of amides is 1. The van der Waals surface area contributed by atoms with Crippen LogP contribution in [0.2, 0.25) is 0 Å². The second-order valence-electron chi connectivity index (χ2n) is 7.57. The van der Waals surface area contributed by atoms with E-state index in [0.717, 1.165) is 33.8 Å². The van der Waals surface area contributed by atoms with Crippen molar-refractivity contribution in [2.45, 2.75) is 34.1 Å². The number of aryl methyl sites for hydroxylation is 3. The largest absolute Gasteiger partial charge is 0.465 e. The Labute approximate surface area is 182 Å². The molecule has 2 aromatic carbocycles. The topological polar surface area (TPSA) is 72.7 Å². The minimum atomic E-state index is -0.392. The van der Waals surface area contributed by atoms with Gasteiger partial charge in [0.05, 0.1) is 31.0 Å². The molecule has 6 heteroatoms. The summed E-state index contributed by atoms with van der Waals surface area (Å²) in [5.41, 5.74) is 9.76. The van der Waals surface area contributed by atoms with Crippen molar-refractivity contribution in [3.63, 3.8) is 0 Å². The predicted octanol–water partition coefficient (Wildman–Crippen LogP) is 4.19. The van der Waals surface area contributed by atoms with Gasteiger partial charge in [-0.05, 0) is 57.0 Å². The predicted molar refractivity (Wildman–Crippen MR) is 122 cm³/mol. The Kier molecular flexibility index (Phi) is 6.70. The van der Waals surface area contributed by atoms with Crippen molar-refractivity contribution < 1.29 is 14.3 Å². The smallest absolute Gasteiger partial charge is 0.339 e. The highest BCUT2D eigenvalue weighted by atomic mass is 16.5. The first kappa shape index (κ1) is 22.0. The van der Waals surface area contributed by atoms with Gasteiger partial charge in [0.1, 0.15) is 0 Å². The van der Waals surface area contributed by atoms with E-state index in [9.17, 15) is 9.59 Å². The van der Waals surface area contributed by atoms with Crippen LogP contribution in [-0.4, -0.2) is 29.8 Å². The van der Waals surface area contributed by atoms with E-state index in [4.69, 9.17) is 4.74 Å². The fourth-order valence-corrected chi connectivity index (χ4v) is 3.67. The number of carbonyl (C=O) groups is 2. The van der Waals surface area contributed by atoms with Gasteiger partial charge in [-0.15, -0.1) is 0 Å². The van der Waals surface area contributed by atoms with Crippen molar-refractivity contribution in [1.29, 1.82) is 0 Å². The highest BCUT2D eigenvalue weighted by molar-refractivity contribution is 5.94. The van der Waals surface area contributed by atoms with E-state index in [-0.39, 0.29) is 12.3 Å². The minimum absolute atomic E-state index is 0.173. The van der Waals surface area contributed by atoms with Gasteiger partial charge >= 0.3 is 5.97 Å². The Morgan fingerprint density at radius 2 is 1.81 bits per heavy atom. The molecule has 3 aromatic rings. The van der Waals surface area contributed by atoms with E-state index in [1.54, 1.807) is 18.3 Å². The third kappa shape index (κ3) is 4.91. The number of hydrogen-bond donors (Lipinski definition) is 1. The molecule has 0 aliphatic carbocycles. The van der Waals surface area contributed by atoms with Gasteiger partial charge in [-0.25, -0.2) is 10.2 Å². The lowest BCUT2D eigenvalue weighted by molar-refractivity contribution is -0.120. The first-order valence-corrected chi connectivity index (χ1v) is 10.1. The standard InChI is InChI=1S/C25H27N3O3/c1-16-10-11-20(17(2)12-16)14-24(29)27-26-15-21-13-18(3)28(19(21)4)23-9-7-6-8-22(23)25(30)31-5/h6-13,15H,14H2,1-5H3,(H,27,29)/b26-15+.